The maximum absolute atomic E-state index is 6.06. The van der Waals surface area contributed by atoms with Gasteiger partial charge in [-0.15, -0.1) is 0 Å². The van der Waals surface area contributed by atoms with Crippen molar-refractivity contribution in [3.8, 4) is 5.69 Å². The lowest BCUT2D eigenvalue weighted by molar-refractivity contribution is 0.114. The predicted molar refractivity (Wildman–Crippen MR) is 102 cm³/mol. The van der Waals surface area contributed by atoms with Crippen LogP contribution in [0.3, 0.4) is 0 Å². The number of nitrogens with zero attached hydrogens (tertiary/aromatic N) is 2. The molecule has 3 heteroatoms. The van der Waals surface area contributed by atoms with Gasteiger partial charge in [-0.1, -0.05) is 37.3 Å². The minimum atomic E-state index is -0.0168. The highest BCUT2D eigenvalue weighted by Crippen LogP contribution is 2.33. The molecule has 25 heavy (non-hydrogen) atoms. The summed E-state index contributed by atoms with van der Waals surface area (Å²) in [5.74, 6) is 0. The Morgan fingerprint density at radius 3 is 2.80 bits per heavy atom. The van der Waals surface area contributed by atoms with E-state index in [0.29, 0.717) is 0 Å². The first-order chi connectivity index (χ1) is 12.3. The lowest BCUT2D eigenvalue weighted by Crippen LogP contribution is -2.23. The topological polar surface area (TPSA) is 17.4 Å². The Morgan fingerprint density at radius 2 is 1.96 bits per heavy atom. The summed E-state index contributed by atoms with van der Waals surface area (Å²) in [6.07, 6.45) is 5.35. The average Bonchev–Trinajstić information content (AvgIpc) is 3.30. The summed E-state index contributed by atoms with van der Waals surface area (Å²) in [6.45, 7) is 6.01. The Kier molecular flexibility index (Phi) is 4.33. The van der Waals surface area contributed by atoms with Crippen molar-refractivity contribution >= 4 is 5.69 Å². The van der Waals surface area contributed by atoms with E-state index in [2.05, 4.69) is 90.3 Å². The second-order valence-electron chi connectivity index (χ2n) is 6.59. The van der Waals surface area contributed by atoms with Crippen LogP contribution in [0.4, 0.5) is 5.69 Å². The average molecular weight is 332 g/mol. The lowest BCUT2D eigenvalue weighted by Gasteiger charge is -2.25. The Labute approximate surface area is 149 Å². The van der Waals surface area contributed by atoms with Crippen molar-refractivity contribution in [2.24, 2.45) is 0 Å². The summed E-state index contributed by atoms with van der Waals surface area (Å²) in [4.78, 5) is 2.35. The zero-order valence-corrected chi connectivity index (χ0v) is 14.9. The molecule has 2 aromatic carbocycles. The summed E-state index contributed by atoms with van der Waals surface area (Å²) in [5, 5.41) is 0. The molecular formula is C22H24N2O. The normalized spacial score (nSPS) is 17.2. The highest BCUT2D eigenvalue weighted by Gasteiger charge is 2.28. The van der Waals surface area contributed by atoms with Gasteiger partial charge >= 0.3 is 0 Å². The van der Waals surface area contributed by atoms with Crippen LogP contribution in [-0.4, -0.2) is 17.7 Å². The predicted octanol–water partition coefficient (Wildman–Crippen LogP) is 4.88. The molecule has 2 heterocycles. The van der Waals surface area contributed by atoms with Gasteiger partial charge in [-0.2, -0.15) is 0 Å². The third-order valence-corrected chi connectivity index (χ3v) is 4.88. The Balaban J connectivity index is 1.65. The van der Waals surface area contributed by atoms with Crippen LogP contribution in [-0.2, 0) is 11.2 Å². The molecule has 0 saturated carbocycles. The number of benzene rings is 2. The van der Waals surface area contributed by atoms with Crippen LogP contribution in [0.1, 0.15) is 29.8 Å². The second kappa shape index (κ2) is 6.77. The summed E-state index contributed by atoms with van der Waals surface area (Å²) in [5.41, 5.74) is 6.30. The van der Waals surface area contributed by atoms with E-state index in [1.165, 1.54) is 28.1 Å². The molecule has 3 aromatic rings. The van der Waals surface area contributed by atoms with Crippen molar-refractivity contribution in [3.05, 3.63) is 83.7 Å². The summed E-state index contributed by atoms with van der Waals surface area (Å²) < 4.78 is 8.28. The van der Waals surface area contributed by atoms with Crippen molar-refractivity contribution in [2.75, 3.05) is 18.1 Å². The zero-order chi connectivity index (χ0) is 17.2. The molecule has 1 saturated heterocycles. The minimum absolute atomic E-state index is 0.0168. The summed E-state index contributed by atoms with van der Waals surface area (Å²) in [7, 11) is 0. The molecule has 1 atom stereocenters. The zero-order valence-electron chi connectivity index (χ0n) is 14.9. The molecule has 1 fully saturated rings. The quantitative estimate of drug-likeness (QED) is 0.677. The number of anilines is 1. The highest BCUT2D eigenvalue weighted by atomic mass is 16.5. The fourth-order valence-corrected chi connectivity index (χ4v) is 3.59. The van der Waals surface area contributed by atoms with Crippen LogP contribution in [0.5, 0.6) is 0 Å². The first-order valence-corrected chi connectivity index (χ1v) is 8.97. The van der Waals surface area contributed by atoms with Crippen molar-refractivity contribution < 1.29 is 4.74 Å². The van der Waals surface area contributed by atoms with Crippen LogP contribution in [0.25, 0.3) is 5.69 Å². The summed E-state index contributed by atoms with van der Waals surface area (Å²) in [6, 6.07) is 19.4. The number of hydrogen-bond acceptors (Lipinski definition) is 2. The van der Waals surface area contributed by atoms with E-state index in [4.69, 9.17) is 4.74 Å². The molecule has 1 aliphatic rings. The molecule has 0 spiro atoms. The van der Waals surface area contributed by atoms with Gasteiger partial charge in [0.15, 0.2) is 6.23 Å². The SMILES string of the molecule is CCc1ccccc1-n1ccc(C2OCCN2c2cccc(C)c2)c1. The molecule has 0 amide bonds. The molecule has 1 unspecified atom stereocenters. The van der Waals surface area contributed by atoms with Crippen molar-refractivity contribution in [3.63, 3.8) is 0 Å². The molecule has 1 aromatic heterocycles. The van der Waals surface area contributed by atoms with Crippen LogP contribution in [0.2, 0.25) is 0 Å². The van der Waals surface area contributed by atoms with Gasteiger partial charge in [0.05, 0.1) is 6.61 Å². The molecule has 128 valence electrons. The van der Waals surface area contributed by atoms with Crippen molar-refractivity contribution in [2.45, 2.75) is 26.5 Å². The van der Waals surface area contributed by atoms with E-state index in [1.54, 1.807) is 0 Å². The van der Waals surface area contributed by atoms with Gasteiger partial charge in [0, 0.05) is 35.9 Å². The second-order valence-corrected chi connectivity index (χ2v) is 6.59. The first-order valence-electron chi connectivity index (χ1n) is 8.97. The number of rotatable bonds is 4. The third-order valence-electron chi connectivity index (χ3n) is 4.88. The lowest BCUT2D eigenvalue weighted by atomic mass is 10.1. The number of aromatic nitrogens is 1. The van der Waals surface area contributed by atoms with Gasteiger partial charge in [0.1, 0.15) is 0 Å². The maximum Gasteiger partial charge on any atom is 0.158 e. The van der Waals surface area contributed by atoms with Crippen LogP contribution >= 0.6 is 0 Å². The van der Waals surface area contributed by atoms with Crippen molar-refractivity contribution in [1.29, 1.82) is 0 Å². The molecule has 0 aliphatic carbocycles. The monoisotopic (exact) mass is 332 g/mol. The fourth-order valence-electron chi connectivity index (χ4n) is 3.59. The van der Waals surface area contributed by atoms with Crippen LogP contribution in [0.15, 0.2) is 67.0 Å². The van der Waals surface area contributed by atoms with Gasteiger partial charge < -0.3 is 14.2 Å². The van der Waals surface area contributed by atoms with Gasteiger partial charge in [0.2, 0.25) is 0 Å². The van der Waals surface area contributed by atoms with E-state index < -0.39 is 0 Å². The molecule has 4 rings (SSSR count). The maximum atomic E-state index is 6.06. The Bertz CT molecular complexity index is 868. The van der Waals surface area contributed by atoms with E-state index >= 15 is 0 Å². The van der Waals surface area contributed by atoms with E-state index in [0.717, 1.165) is 19.6 Å². The molecule has 0 N–H and O–H groups in total. The largest absolute Gasteiger partial charge is 0.352 e. The number of aryl methyl sites for hydroxylation is 2. The van der Waals surface area contributed by atoms with Gasteiger partial charge in [-0.05, 0) is 48.7 Å². The first kappa shape index (κ1) is 16.0. The minimum Gasteiger partial charge on any atom is -0.352 e. The molecular weight excluding hydrogens is 308 g/mol. The van der Waals surface area contributed by atoms with Gasteiger partial charge in [0.25, 0.3) is 0 Å². The van der Waals surface area contributed by atoms with E-state index in [9.17, 15) is 0 Å². The van der Waals surface area contributed by atoms with E-state index in [1.807, 2.05) is 0 Å². The number of ether oxygens (including phenoxy) is 1. The van der Waals surface area contributed by atoms with Gasteiger partial charge in [-0.3, -0.25) is 0 Å². The molecule has 0 radical (unpaired) electrons. The van der Waals surface area contributed by atoms with Gasteiger partial charge in [-0.25, -0.2) is 0 Å². The smallest absolute Gasteiger partial charge is 0.158 e. The number of hydrogen-bond donors (Lipinski definition) is 0. The standard InChI is InChI=1S/C22H24N2O/c1-3-18-8-4-5-10-21(18)23-12-11-19(16-23)22-24(13-14-25-22)20-9-6-7-17(2)15-20/h4-12,15-16,22H,3,13-14H2,1-2H3. The fraction of sp³-hybridized carbons (Fsp3) is 0.273. The summed E-state index contributed by atoms with van der Waals surface area (Å²) >= 11 is 0. The Morgan fingerprint density at radius 1 is 1.08 bits per heavy atom. The molecule has 0 bridgehead atoms. The van der Waals surface area contributed by atoms with Crippen LogP contribution in [0, 0.1) is 6.92 Å². The third kappa shape index (κ3) is 3.08. The van der Waals surface area contributed by atoms with E-state index in [-0.39, 0.29) is 6.23 Å². The number of para-hydroxylation sites is 1. The highest BCUT2D eigenvalue weighted by molar-refractivity contribution is 5.51. The Hall–Kier alpha value is -2.52. The van der Waals surface area contributed by atoms with Crippen molar-refractivity contribution in [1.82, 2.24) is 4.57 Å². The molecule has 1 aliphatic heterocycles. The molecule has 3 nitrogen and oxygen atoms in total. The van der Waals surface area contributed by atoms with Crippen LogP contribution < -0.4 is 4.90 Å².